The van der Waals surface area contributed by atoms with Gasteiger partial charge in [-0.05, 0) is 42.5 Å². The highest BCUT2D eigenvalue weighted by Crippen LogP contribution is 2.13. The molecule has 0 heterocycles. The number of aliphatic carboxylic acids is 1. The minimum Gasteiger partial charge on any atom is -0.508 e. The molecular formula is C27H36N4O6. The van der Waals surface area contributed by atoms with Gasteiger partial charge in [-0.3, -0.25) is 14.4 Å². The normalized spacial score (nSPS) is 14.2. The van der Waals surface area contributed by atoms with E-state index in [1.54, 1.807) is 24.3 Å². The lowest BCUT2D eigenvalue weighted by molar-refractivity contribution is -0.142. The Balaban J connectivity index is 2.30. The van der Waals surface area contributed by atoms with E-state index in [1.165, 1.54) is 19.1 Å². The van der Waals surface area contributed by atoms with Gasteiger partial charge in [-0.1, -0.05) is 56.3 Å². The minimum atomic E-state index is -1.18. The molecule has 0 aliphatic heterocycles. The summed E-state index contributed by atoms with van der Waals surface area (Å²) < 4.78 is 0. The first-order valence-corrected chi connectivity index (χ1v) is 12.2. The Kier molecular flexibility index (Phi) is 11.1. The van der Waals surface area contributed by atoms with Crippen LogP contribution in [-0.4, -0.2) is 58.1 Å². The summed E-state index contributed by atoms with van der Waals surface area (Å²) in [7, 11) is 0. The second-order valence-corrected chi connectivity index (χ2v) is 9.50. The average Bonchev–Trinajstić information content (AvgIpc) is 2.84. The van der Waals surface area contributed by atoms with E-state index in [9.17, 15) is 29.4 Å². The maximum Gasteiger partial charge on any atom is 0.326 e. The Morgan fingerprint density at radius 1 is 0.730 bits per heavy atom. The molecule has 0 aliphatic rings. The summed E-state index contributed by atoms with van der Waals surface area (Å²) in [5.74, 6) is -2.95. The molecule has 37 heavy (non-hydrogen) atoms. The van der Waals surface area contributed by atoms with Crippen molar-refractivity contribution in [3.05, 3.63) is 65.7 Å². The number of carboxylic acid groups (broad SMARTS) is 1. The van der Waals surface area contributed by atoms with Crippen molar-refractivity contribution < 1.29 is 29.4 Å². The predicted octanol–water partition coefficient (Wildman–Crippen LogP) is 1.11. The van der Waals surface area contributed by atoms with Crippen LogP contribution in [-0.2, 0) is 32.0 Å². The molecule has 2 aromatic rings. The molecule has 4 atom stereocenters. The third kappa shape index (κ3) is 9.92. The Labute approximate surface area is 216 Å². The monoisotopic (exact) mass is 512 g/mol. The number of carbonyl (C=O) groups is 4. The number of benzene rings is 2. The number of nitrogens with one attached hydrogen (secondary N) is 3. The summed E-state index contributed by atoms with van der Waals surface area (Å²) in [6.07, 6.45) is 0.400. The van der Waals surface area contributed by atoms with Gasteiger partial charge in [0.25, 0.3) is 0 Å². The molecule has 0 spiro atoms. The molecule has 10 nitrogen and oxygen atoms in total. The van der Waals surface area contributed by atoms with Crippen molar-refractivity contribution in [2.24, 2.45) is 11.7 Å². The second kappa shape index (κ2) is 14.0. The molecule has 0 bridgehead atoms. The van der Waals surface area contributed by atoms with E-state index in [1.807, 2.05) is 32.0 Å². The van der Waals surface area contributed by atoms with Crippen molar-refractivity contribution in [3.63, 3.8) is 0 Å². The number of rotatable bonds is 13. The van der Waals surface area contributed by atoms with Crippen LogP contribution < -0.4 is 21.7 Å². The van der Waals surface area contributed by atoms with Crippen LogP contribution >= 0.6 is 0 Å². The minimum absolute atomic E-state index is 0.00950. The molecule has 10 heteroatoms. The van der Waals surface area contributed by atoms with Crippen LogP contribution in [0.3, 0.4) is 0 Å². The molecular weight excluding hydrogens is 476 g/mol. The van der Waals surface area contributed by atoms with Crippen LogP contribution in [0.4, 0.5) is 0 Å². The number of phenolic OH excluding ortho intramolecular Hbond substituents is 1. The SMILES string of the molecule is CC(C)CC(NC(=O)C(Cc1ccc(O)cc1)NC(=O)C(Cc1ccccc1)NC(=O)C(C)N)C(=O)O. The number of aromatic hydroxyl groups is 1. The van der Waals surface area contributed by atoms with Gasteiger partial charge in [0.15, 0.2) is 0 Å². The van der Waals surface area contributed by atoms with Crippen molar-refractivity contribution in [2.45, 2.75) is 64.2 Å². The molecule has 0 aromatic heterocycles. The molecule has 4 unspecified atom stereocenters. The van der Waals surface area contributed by atoms with Gasteiger partial charge in [-0.25, -0.2) is 4.79 Å². The van der Waals surface area contributed by atoms with Crippen LogP contribution in [0.5, 0.6) is 5.75 Å². The molecule has 0 radical (unpaired) electrons. The summed E-state index contributed by atoms with van der Waals surface area (Å²) in [6.45, 7) is 5.18. The fourth-order valence-electron chi connectivity index (χ4n) is 3.68. The van der Waals surface area contributed by atoms with Gasteiger partial charge in [0.2, 0.25) is 17.7 Å². The zero-order valence-corrected chi connectivity index (χ0v) is 21.3. The second-order valence-electron chi connectivity index (χ2n) is 9.50. The highest BCUT2D eigenvalue weighted by molar-refractivity contribution is 5.94. The van der Waals surface area contributed by atoms with Crippen molar-refractivity contribution >= 4 is 23.7 Å². The van der Waals surface area contributed by atoms with Gasteiger partial charge in [-0.2, -0.15) is 0 Å². The van der Waals surface area contributed by atoms with Crippen LogP contribution in [0, 0.1) is 5.92 Å². The molecule has 0 saturated carbocycles. The molecule has 200 valence electrons. The zero-order valence-electron chi connectivity index (χ0n) is 21.3. The molecule has 0 aliphatic carbocycles. The predicted molar refractivity (Wildman–Crippen MR) is 138 cm³/mol. The third-order valence-electron chi connectivity index (χ3n) is 5.66. The van der Waals surface area contributed by atoms with Crippen LogP contribution in [0.1, 0.15) is 38.3 Å². The van der Waals surface area contributed by atoms with Gasteiger partial charge < -0.3 is 31.9 Å². The Bertz CT molecular complexity index is 1060. The summed E-state index contributed by atoms with van der Waals surface area (Å²) in [6, 6.07) is 11.0. The van der Waals surface area contributed by atoms with Crippen LogP contribution in [0.15, 0.2) is 54.6 Å². The summed E-state index contributed by atoms with van der Waals surface area (Å²) in [5.41, 5.74) is 7.10. The van der Waals surface area contributed by atoms with Crippen molar-refractivity contribution in [3.8, 4) is 5.75 Å². The maximum absolute atomic E-state index is 13.4. The smallest absolute Gasteiger partial charge is 0.326 e. The van der Waals surface area contributed by atoms with Gasteiger partial charge >= 0.3 is 5.97 Å². The number of phenols is 1. The average molecular weight is 513 g/mol. The fourth-order valence-corrected chi connectivity index (χ4v) is 3.68. The quantitative estimate of drug-likeness (QED) is 0.233. The molecule has 0 saturated heterocycles. The zero-order chi connectivity index (χ0) is 27.5. The Morgan fingerprint density at radius 3 is 1.65 bits per heavy atom. The van der Waals surface area contributed by atoms with E-state index in [0.717, 1.165) is 5.56 Å². The number of hydrogen-bond acceptors (Lipinski definition) is 6. The van der Waals surface area contributed by atoms with Crippen LogP contribution in [0.2, 0.25) is 0 Å². The summed E-state index contributed by atoms with van der Waals surface area (Å²) in [5, 5.41) is 27.0. The highest BCUT2D eigenvalue weighted by Gasteiger charge is 2.30. The fraction of sp³-hybridized carbons (Fsp3) is 0.407. The molecule has 0 fully saturated rings. The lowest BCUT2D eigenvalue weighted by Crippen LogP contribution is -2.58. The molecule has 7 N–H and O–H groups in total. The highest BCUT2D eigenvalue weighted by atomic mass is 16.4. The molecule has 2 aromatic carbocycles. The standard InChI is InChI=1S/C27H36N4O6/c1-16(2)13-23(27(36)37)31-26(35)22(15-19-9-11-20(32)12-10-19)30-25(34)21(29-24(33)17(3)28)14-18-7-5-4-6-8-18/h4-12,16-17,21-23,32H,13-15,28H2,1-3H3,(H,29,33)(H,30,34)(H,31,35)(H,36,37). The molecule has 2 rings (SSSR count). The number of hydrogen-bond donors (Lipinski definition) is 6. The number of nitrogens with two attached hydrogens (primary N) is 1. The largest absolute Gasteiger partial charge is 0.508 e. The topological polar surface area (TPSA) is 171 Å². The lowest BCUT2D eigenvalue weighted by atomic mass is 10.0. The first-order valence-electron chi connectivity index (χ1n) is 12.2. The van der Waals surface area contributed by atoms with E-state index in [4.69, 9.17) is 5.73 Å². The number of amides is 3. The number of carboxylic acids is 1. The van der Waals surface area contributed by atoms with E-state index in [0.29, 0.717) is 5.56 Å². The van der Waals surface area contributed by atoms with E-state index < -0.39 is 47.9 Å². The van der Waals surface area contributed by atoms with E-state index in [2.05, 4.69) is 16.0 Å². The summed E-state index contributed by atoms with van der Waals surface area (Å²) in [4.78, 5) is 50.6. The van der Waals surface area contributed by atoms with Gasteiger partial charge in [0.05, 0.1) is 6.04 Å². The first kappa shape index (κ1) is 29.3. The third-order valence-corrected chi connectivity index (χ3v) is 5.66. The maximum atomic E-state index is 13.4. The van der Waals surface area contributed by atoms with Crippen LogP contribution in [0.25, 0.3) is 0 Å². The van der Waals surface area contributed by atoms with E-state index in [-0.39, 0.29) is 30.9 Å². The van der Waals surface area contributed by atoms with Gasteiger partial charge in [0, 0.05) is 12.8 Å². The summed E-state index contributed by atoms with van der Waals surface area (Å²) >= 11 is 0. The number of carbonyl (C=O) groups excluding carboxylic acids is 3. The lowest BCUT2D eigenvalue weighted by Gasteiger charge is -2.25. The van der Waals surface area contributed by atoms with Crippen molar-refractivity contribution in [1.82, 2.24) is 16.0 Å². The first-order chi connectivity index (χ1) is 17.5. The van der Waals surface area contributed by atoms with Crippen molar-refractivity contribution in [1.29, 1.82) is 0 Å². The van der Waals surface area contributed by atoms with E-state index >= 15 is 0 Å². The van der Waals surface area contributed by atoms with Gasteiger partial charge in [-0.15, -0.1) is 0 Å². The Hall–Kier alpha value is -3.92. The molecule has 3 amide bonds. The van der Waals surface area contributed by atoms with Crippen molar-refractivity contribution in [2.75, 3.05) is 0 Å². The Morgan fingerprint density at radius 2 is 1.19 bits per heavy atom. The van der Waals surface area contributed by atoms with Gasteiger partial charge in [0.1, 0.15) is 23.9 Å².